The van der Waals surface area contributed by atoms with Gasteiger partial charge in [0.25, 0.3) is 0 Å². The Morgan fingerprint density at radius 3 is 2.71 bits per heavy atom. The van der Waals surface area contributed by atoms with E-state index in [1.165, 1.54) is 0 Å². The number of ether oxygens (including phenoxy) is 1. The van der Waals surface area contributed by atoms with E-state index < -0.39 is 16.9 Å². The largest absolute Gasteiger partial charge is 0.490 e. The van der Waals surface area contributed by atoms with Crippen LogP contribution in [0.3, 0.4) is 0 Å². The lowest BCUT2D eigenvalue weighted by atomic mass is 10.0. The van der Waals surface area contributed by atoms with Crippen molar-refractivity contribution >= 4 is 22.4 Å². The summed E-state index contributed by atoms with van der Waals surface area (Å²) in [5.41, 5.74) is 1.69. The fourth-order valence-corrected chi connectivity index (χ4v) is 3.70. The van der Waals surface area contributed by atoms with Gasteiger partial charge in [0.1, 0.15) is 12.4 Å². The Morgan fingerprint density at radius 2 is 1.92 bits per heavy atom. The van der Waals surface area contributed by atoms with Crippen molar-refractivity contribution in [2.24, 2.45) is 0 Å². The van der Waals surface area contributed by atoms with E-state index in [-0.39, 0.29) is 18.3 Å². The van der Waals surface area contributed by atoms with Gasteiger partial charge in [0, 0.05) is 22.6 Å². The smallest absolute Gasteiger partial charge is 0.224 e. The number of aliphatic hydroxyl groups excluding tert-OH is 1. The standard InChI is InChI=1S/C18H19NO4S/c20-13(12-24(22)14-5-2-1-3-6-14)11-23-17-8-4-7-16-15(17)9-10-18(21)19-16/h1-8,13,20H,9-12H2,(H,19,21). The number of anilines is 1. The van der Waals surface area contributed by atoms with Crippen LogP contribution in [0.25, 0.3) is 0 Å². The van der Waals surface area contributed by atoms with E-state index in [9.17, 15) is 14.1 Å². The van der Waals surface area contributed by atoms with Crippen molar-refractivity contribution < 1.29 is 18.8 Å². The highest BCUT2D eigenvalue weighted by atomic mass is 32.2. The molecule has 0 radical (unpaired) electrons. The zero-order valence-corrected chi connectivity index (χ0v) is 13.9. The minimum Gasteiger partial charge on any atom is -0.490 e. The molecule has 2 unspecified atom stereocenters. The molecule has 2 atom stereocenters. The van der Waals surface area contributed by atoms with Crippen LogP contribution in [0, 0.1) is 0 Å². The van der Waals surface area contributed by atoms with Crippen molar-refractivity contribution in [3.05, 3.63) is 54.1 Å². The second-order valence-corrected chi connectivity index (χ2v) is 7.12. The minimum absolute atomic E-state index is 0.00191. The SMILES string of the molecule is O=C1CCc2c(cccc2OCC(O)CS(=O)c2ccccc2)N1. The molecule has 3 rings (SSSR count). The lowest BCUT2D eigenvalue weighted by Crippen LogP contribution is -2.25. The van der Waals surface area contributed by atoms with Crippen LogP contribution >= 0.6 is 0 Å². The molecule has 0 spiro atoms. The summed E-state index contributed by atoms with van der Waals surface area (Å²) in [6.45, 7) is 0.0585. The van der Waals surface area contributed by atoms with Gasteiger partial charge in [0.05, 0.1) is 22.7 Å². The summed E-state index contributed by atoms with van der Waals surface area (Å²) in [6.07, 6.45) is 0.206. The van der Waals surface area contributed by atoms with Gasteiger partial charge in [-0.15, -0.1) is 0 Å². The van der Waals surface area contributed by atoms with E-state index in [0.29, 0.717) is 23.5 Å². The molecule has 6 heteroatoms. The van der Waals surface area contributed by atoms with Gasteiger partial charge >= 0.3 is 0 Å². The number of hydrogen-bond acceptors (Lipinski definition) is 4. The molecule has 1 aliphatic heterocycles. The van der Waals surface area contributed by atoms with Crippen LogP contribution in [-0.4, -0.2) is 33.7 Å². The maximum Gasteiger partial charge on any atom is 0.224 e. The molecule has 1 amide bonds. The van der Waals surface area contributed by atoms with Gasteiger partial charge in [0.15, 0.2) is 0 Å². The van der Waals surface area contributed by atoms with Crippen molar-refractivity contribution in [3.63, 3.8) is 0 Å². The number of benzene rings is 2. The van der Waals surface area contributed by atoms with Gasteiger partial charge < -0.3 is 15.2 Å². The number of nitrogens with one attached hydrogen (secondary N) is 1. The Kier molecular flexibility index (Phi) is 5.27. The molecule has 1 aliphatic rings. The number of carbonyl (C=O) groups is 1. The van der Waals surface area contributed by atoms with Crippen molar-refractivity contribution in [1.29, 1.82) is 0 Å². The summed E-state index contributed by atoms with van der Waals surface area (Å²) >= 11 is 0. The molecular formula is C18H19NO4S. The van der Waals surface area contributed by atoms with Gasteiger partial charge in [-0.05, 0) is 30.7 Å². The molecule has 24 heavy (non-hydrogen) atoms. The number of aliphatic hydroxyl groups is 1. The number of amides is 1. The van der Waals surface area contributed by atoms with Crippen LogP contribution < -0.4 is 10.1 Å². The summed E-state index contributed by atoms with van der Waals surface area (Å²) in [5.74, 6) is 0.769. The average Bonchev–Trinajstić information content (AvgIpc) is 2.60. The second-order valence-electron chi connectivity index (χ2n) is 5.62. The van der Waals surface area contributed by atoms with Gasteiger partial charge in [-0.2, -0.15) is 0 Å². The summed E-state index contributed by atoms with van der Waals surface area (Å²) in [4.78, 5) is 12.1. The van der Waals surface area contributed by atoms with Crippen molar-refractivity contribution in [3.8, 4) is 5.75 Å². The van der Waals surface area contributed by atoms with E-state index in [1.807, 2.05) is 30.3 Å². The maximum absolute atomic E-state index is 12.2. The van der Waals surface area contributed by atoms with Crippen molar-refractivity contribution in [1.82, 2.24) is 0 Å². The van der Waals surface area contributed by atoms with Crippen LogP contribution in [0.5, 0.6) is 5.75 Å². The van der Waals surface area contributed by atoms with Gasteiger partial charge in [0.2, 0.25) is 5.91 Å². The van der Waals surface area contributed by atoms with E-state index in [1.54, 1.807) is 18.2 Å². The first-order valence-electron chi connectivity index (χ1n) is 7.79. The van der Waals surface area contributed by atoms with Crippen molar-refractivity contribution in [2.45, 2.75) is 23.8 Å². The molecule has 2 N–H and O–H groups in total. The molecule has 126 valence electrons. The molecule has 0 saturated heterocycles. The fourth-order valence-electron chi connectivity index (χ4n) is 2.60. The monoisotopic (exact) mass is 345 g/mol. The van der Waals surface area contributed by atoms with Gasteiger partial charge in [-0.25, -0.2) is 0 Å². The molecule has 0 fully saturated rings. The summed E-state index contributed by atoms with van der Waals surface area (Å²) in [5, 5.41) is 12.9. The highest BCUT2D eigenvalue weighted by Gasteiger charge is 2.19. The van der Waals surface area contributed by atoms with E-state index >= 15 is 0 Å². The van der Waals surface area contributed by atoms with Gasteiger partial charge in [-0.1, -0.05) is 24.3 Å². The third-order valence-electron chi connectivity index (χ3n) is 3.79. The Balaban J connectivity index is 1.59. The van der Waals surface area contributed by atoms with Crippen LogP contribution in [0.1, 0.15) is 12.0 Å². The normalized spacial score (nSPS) is 16.0. The van der Waals surface area contributed by atoms with Crippen LogP contribution in [0.4, 0.5) is 5.69 Å². The first-order chi connectivity index (χ1) is 11.6. The lowest BCUT2D eigenvalue weighted by Gasteiger charge is -2.21. The Bertz CT molecular complexity index is 748. The molecule has 1 heterocycles. The van der Waals surface area contributed by atoms with Crippen LogP contribution in [0.15, 0.2) is 53.4 Å². The van der Waals surface area contributed by atoms with E-state index in [4.69, 9.17) is 4.74 Å². The first kappa shape index (κ1) is 16.7. The summed E-state index contributed by atoms with van der Waals surface area (Å²) in [6, 6.07) is 14.5. The molecule has 2 aromatic rings. The maximum atomic E-state index is 12.2. The van der Waals surface area contributed by atoms with Crippen molar-refractivity contribution in [2.75, 3.05) is 17.7 Å². The highest BCUT2D eigenvalue weighted by molar-refractivity contribution is 7.85. The third-order valence-corrected chi connectivity index (χ3v) is 5.28. The molecule has 0 aliphatic carbocycles. The van der Waals surface area contributed by atoms with E-state index in [0.717, 1.165) is 11.3 Å². The summed E-state index contributed by atoms with van der Waals surface area (Å²) in [7, 11) is -1.27. The quantitative estimate of drug-likeness (QED) is 0.841. The predicted molar refractivity (Wildman–Crippen MR) is 92.6 cm³/mol. The molecule has 2 aromatic carbocycles. The number of carbonyl (C=O) groups excluding carboxylic acids is 1. The number of rotatable bonds is 6. The topological polar surface area (TPSA) is 75.6 Å². The Hall–Kier alpha value is -2.18. The Morgan fingerprint density at radius 1 is 1.12 bits per heavy atom. The van der Waals surface area contributed by atoms with E-state index in [2.05, 4.69) is 5.32 Å². The predicted octanol–water partition coefficient (Wildman–Crippen LogP) is 2.12. The summed E-state index contributed by atoms with van der Waals surface area (Å²) < 4.78 is 17.9. The third kappa shape index (κ3) is 4.01. The number of hydrogen-bond donors (Lipinski definition) is 2. The molecule has 0 bridgehead atoms. The molecule has 5 nitrogen and oxygen atoms in total. The average molecular weight is 345 g/mol. The van der Waals surface area contributed by atoms with Crippen LogP contribution in [-0.2, 0) is 22.0 Å². The Labute approximate surface area is 143 Å². The zero-order chi connectivity index (χ0) is 16.9. The molecular weight excluding hydrogens is 326 g/mol. The minimum atomic E-state index is -1.27. The van der Waals surface area contributed by atoms with Crippen LogP contribution in [0.2, 0.25) is 0 Å². The lowest BCUT2D eigenvalue weighted by molar-refractivity contribution is -0.116. The zero-order valence-electron chi connectivity index (χ0n) is 13.1. The fraction of sp³-hybridized carbons (Fsp3) is 0.278. The molecule has 0 saturated carbocycles. The molecule has 0 aromatic heterocycles. The first-order valence-corrected chi connectivity index (χ1v) is 9.11. The second kappa shape index (κ2) is 7.59. The van der Waals surface area contributed by atoms with Gasteiger partial charge in [-0.3, -0.25) is 9.00 Å². The highest BCUT2D eigenvalue weighted by Crippen LogP contribution is 2.31. The number of fused-ring (bicyclic) bond motifs is 1.